The van der Waals surface area contributed by atoms with Gasteiger partial charge in [0.25, 0.3) is 0 Å². The molecular formula is C15H23NO2. The van der Waals surface area contributed by atoms with E-state index in [0.717, 1.165) is 19.4 Å². The summed E-state index contributed by atoms with van der Waals surface area (Å²) in [5.74, 6) is -0.860. The van der Waals surface area contributed by atoms with Crippen molar-refractivity contribution in [1.29, 1.82) is 0 Å². The minimum absolute atomic E-state index is 0.362. The fourth-order valence-corrected chi connectivity index (χ4v) is 1.99. The number of aryl methyl sites for hydroxylation is 1. The molecule has 0 aromatic heterocycles. The molecular weight excluding hydrogens is 226 g/mol. The first-order valence-electron chi connectivity index (χ1n) is 6.76. The number of unbranched alkanes of at least 4 members (excludes halogenated alkanes) is 5. The molecule has 100 valence electrons. The third-order valence-electron chi connectivity index (χ3n) is 3.12. The normalized spacial score (nSPS) is 10.5. The molecule has 0 aliphatic carbocycles. The SMILES string of the molecule is NCCCCCCCCc1ccc(C(=O)O)cc1. The van der Waals surface area contributed by atoms with Crippen molar-refractivity contribution in [3.05, 3.63) is 35.4 Å². The molecule has 0 spiro atoms. The monoisotopic (exact) mass is 249 g/mol. The van der Waals surface area contributed by atoms with Crippen LogP contribution in [-0.4, -0.2) is 17.6 Å². The smallest absolute Gasteiger partial charge is 0.335 e. The molecule has 0 aliphatic rings. The number of nitrogens with two attached hydrogens (primary N) is 1. The summed E-state index contributed by atoms with van der Waals surface area (Å²) in [7, 11) is 0. The lowest BCUT2D eigenvalue weighted by atomic mass is 10.0. The summed E-state index contributed by atoms with van der Waals surface area (Å²) in [4.78, 5) is 10.7. The van der Waals surface area contributed by atoms with E-state index in [0.29, 0.717) is 5.56 Å². The highest BCUT2D eigenvalue weighted by atomic mass is 16.4. The Kier molecular flexibility index (Phi) is 7.11. The minimum atomic E-state index is -0.860. The first-order chi connectivity index (χ1) is 8.74. The summed E-state index contributed by atoms with van der Waals surface area (Å²) in [6.45, 7) is 0.802. The zero-order valence-corrected chi connectivity index (χ0v) is 10.9. The molecule has 0 amide bonds. The van der Waals surface area contributed by atoms with Gasteiger partial charge < -0.3 is 10.8 Å². The third kappa shape index (κ3) is 5.82. The Morgan fingerprint density at radius 3 is 2.06 bits per heavy atom. The van der Waals surface area contributed by atoms with Crippen molar-refractivity contribution in [1.82, 2.24) is 0 Å². The fourth-order valence-electron chi connectivity index (χ4n) is 1.99. The molecule has 3 heteroatoms. The van der Waals surface area contributed by atoms with Gasteiger partial charge >= 0.3 is 5.97 Å². The second kappa shape index (κ2) is 8.70. The molecule has 1 aromatic carbocycles. The van der Waals surface area contributed by atoms with Crippen LogP contribution in [-0.2, 0) is 6.42 Å². The summed E-state index contributed by atoms with van der Waals surface area (Å²) in [6, 6.07) is 7.19. The van der Waals surface area contributed by atoms with Gasteiger partial charge in [-0.05, 0) is 43.5 Å². The Morgan fingerprint density at radius 1 is 0.944 bits per heavy atom. The van der Waals surface area contributed by atoms with Crippen LogP contribution in [0, 0.1) is 0 Å². The van der Waals surface area contributed by atoms with Crippen LogP contribution in [0.15, 0.2) is 24.3 Å². The van der Waals surface area contributed by atoms with Gasteiger partial charge in [-0.3, -0.25) is 0 Å². The summed E-state index contributed by atoms with van der Waals surface area (Å²) >= 11 is 0. The molecule has 0 saturated heterocycles. The van der Waals surface area contributed by atoms with Crippen LogP contribution < -0.4 is 5.73 Å². The van der Waals surface area contributed by atoms with Crippen molar-refractivity contribution in [3.63, 3.8) is 0 Å². The van der Waals surface area contributed by atoms with Crippen LogP contribution in [0.5, 0.6) is 0 Å². The van der Waals surface area contributed by atoms with E-state index in [-0.39, 0.29) is 0 Å². The van der Waals surface area contributed by atoms with Gasteiger partial charge in [-0.2, -0.15) is 0 Å². The maximum absolute atomic E-state index is 10.7. The number of carboxylic acids is 1. The lowest BCUT2D eigenvalue weighted by molar-refractivity contribution is 0.0697. The lowest BCUT2D eigenvalue weighted by Gasteiger charge is -2.03. The lowest BCUT2D eigenvalue weighted by Crippen LogP contribution is -1.97. The number of carbonyl (C=O) groups is 1. The molecule has 1 rings (SSSR count). The van der Waals surface area contributed by atoms with Crippen molar-refractivity contribution in [2.24, 2.45) is 5.73 Å². The summed E-state index contributed by atoms with van der Waals surface area (Å²) in [6.07, 6.45) is 8.37. The Bertz CT molecular complexity index is 346. The van der Waals surface area contributed by atoms with E-state index < -0.39 is 5.97 Å². The molecule has 0 saturated carbocycles. The maximum Gasteiger partial charge on any atom is 0.335 e. The molecule has 0 atom stereocenters. The van der Waals surface area contributed by atoms with Crippen molar-refractivity contribution in [3.8, 4) is 0 Å². The molecule has 0 bridgehead atoms. The van der Waals surface area contributed by atoms with E-state index in [9.17, 15) is 4.79 Å². The van der Waals surface area contributed by atoms with Gasteiger partial charge in [-0.15, -0.1) is 0 Å². The average Bonchev–Trinajstić information content (AvgIpc) is 2.38. The van der Waals surface area contributed by atoms with Crippen LogP contribution in [0.3, 0.4) is 0 Å². The average molecular weight is 249 g/mol. The van der Waals surface area contributed by atoms with Crippen molar-refractivity contribution in [2.45, 2.75) is 44.9 Å². The van der Waals surface area contributed by atoms with E-state index in [1.807, 2.05) is 12.1 Å². The summed E-state index contributed by atoms with van der Waals surface area (Å²) in [5.41, 5.74) is 7.02. The van der Waals surface area contributed by atoms with Gasteiger partial charge in [0.05, 0.1) is 5.56 Å². The van der Waals surface area contributed by atoms with Gasteiger partial charge in [-0.25, -0.2) is 4.79 Å². The zero-order chi connectivity index (χ0) is 13.2. The van der Waals surface area contributed by atoms with Crippen molar-refractivity contribution in [2.75, 3.05) is 6.54 Å². The predicted molar refractivity (Wildman–Crippen MR) is 73.9 cm³/mol. The number of carboxylic acid groups (broad SMARTS) is 1. The van der Waals surface area contributed by atoms with E-state index >= 15 is 0 Å². The molecule has 0 unspecified atom stereocenters. The highest BCUT2D eigenvalue weighted by Crippen LogP contribution is 2.11. The van der Waals surface area contributed by atoms with Crippen molar-refractivity contribution < 1.29 is 9.90 Å². The van der Waals surface area contributed by atoms with Gasteiger partial charge in [0.15, 0.2) is 0 Å². The van der Waals surface area contributed by atoms with Crippen LogP contribution >= 0.6 is 0 Å². The molecule has 18 heavy (non-hydrogen) atoms. The quantitative estimate of drug-likeness (QED) is 0.660. The molecule has 3 N–H and O–H groups in total. The van der Waals surface area contributed by atoms with E-state index in [4.69, 9.17) is 10.8 Å². The van der Waals surface area contributed by atoms with Gasteiger partial charge in [0, 0.05) is 0 Å². The van der Waals surface area contributed by atoms with Crippen LogP contribution in [0.1, 0.15) is 54.4 Å². The van der Waals surface area contributed by atoms with E-state index in [1.165, 1.54) is 37.7 Å². The summed E-state index contributed by atoms with van der Waals surface area (Å²) < 4.78 is 0. The largest absolute Gasteiger partial charge is 0.478 e. The van der Waals surface area contributed by atoms with Crippen LogP contribution in [0.4, 0.5) is 0 Å². The third-order valence-corrected chi connectivity index (χ3v) is 3.12. The Balaban J connectivity index is 2.14. The Morgan fingerprint density at radius 2 is 1.50 bits per heavy atom. The van der Waals surface area contributed by atoms with Crippen LogP contribution in [0.2, 0.25) is 0 Å². The number of rotatable bonds is 9. The second-order valence-corrected chi connectivity index (χ2v) is 4.66. The Hall–Kier alpha value is -1.35. The topological polar surface area (TPSA) is 63.3 Å². The maximum atomic E-state index is 10.7. The van der Waals surface area contributed by atoms with Crippen molar-refractivity contribution >= 4 is 5.97 Å². The molecule has 0 aliphatic heterocycles. The second-order valence-electron chi connectivity index (χ2n) is 4.66. The predicted octanol–water partition coefficient (Wildman–Crippen LogP) is 3.23. The van der Waals surface area contributed by atoms with E-state index in [2.05, 4.69) is 0 Å². The van der Waals surface area contributed by atoms with Gasteiger partial charge in [0.1, 0.15) is 0 Å². The van der Waals surface area contributed by atoms with Gasteiger partial charge in [0.2, 0.25) is 0 Å². The molecule has 0 radical (unpaired) electrons. The molecule has 1 aromatic rings. The van der Waals surface area contributed by atoms with Crippen LogP contribution in [0.25, 0.3) is 0 Å². The van der Waals surface area contributed by atoms with Gasteiger partial charge in [-0.1, -0.05) is 37.8 Å². The number of hydrogen-bond acceptors (Lipinski definition) is 2. The minimum Gasteiger partial charge on any atom is -0.478 e. The highest BCUT2D eigenvalue weighted by molar-refractivity contribution is 5.87. The highest BCUT2D eigenvalue weighted by Gasteiger charge is 2.01. The summed E-state index contributed by atoms with van der Waals surface area (Å²) in [5, 5.41) is 8.78. The Labute approximate surface area is 109 Å². The number of hydrogen-bond donors (Lipinski definition) is 2. The molecule has 3 nitrogen and oxygen atoms in total. The standard InChI is InChI=1S/C15H23NO2/c16-12-6-4-2-1-3-5-7-13-8-10-14(11-9-13)15(17)18/h8-11H,1-7,12,16H2,(H,17,18). The van der Waals surface area contributed by atoms with E-state index in [1.54, 1.807) is 12.1 Å². The number of aromatic carboxylic acids is 1. The molecule has 0 fully saturated rings. The first kappa shape index (κ1) is 14.7. The molecule has 0 heterocycles. The fraction of sp³-hybridized carbons (Fsp3) is 0.533. The number of benzene rings is 1. The zero-order valence-electron chi connectivity index (χ0n) is 10.9. The first-order valence-corrected chi connectivity index (χ1v) is 6.76.